The number of sulfonamides is 1. The summed E-state index contributed by atoms with van der Waals surface area (Å²) in [6.07, 6.45) is 3.76. The third kappa shape index (κ3) is 4.81. The minimum atomic E-state index is -3.66. The van der Waals surface area contributed by atoms with Crippen LogP contribution in [-0.2, 0) is 21.4 Å². The molecule has 0 saturated carbocycles. The van der Waals surface area contributed by atoms with Crippen molar-refractivity contribution in [1.29, 1.82) is 0 Å². The van der Waals surface area contributed by atoms with E-state index in [0.717, 1.165) is 11.3 Å². The summed E-state index contributed by atoms with van der Waals surface area (Å²) >= 11 is 0. The van der Waals surface area contributed by atoms with Crippen molar-refractivity contribution in [1.82, 2.24) is 14.5 Å². The van der Waals surface area contributed by atoms with E-state index in [-0.39, 0.29) is 17.3 Å². The number of carbonyl (C=O) groups is 1. The van der Waals surface area contributed by atoms with E-state index < -0.39 is 10.0 Å². The van der Waals surface area contributed by atoms with E-state index in [4.69, 9.17) is 0 Å². The van der Waals surface area contributed by atoms with Gasteiger partial charge in [-0.15, -0.1) is 0 Å². The van der Waals surface area contributed by atoms with E-state index in [1.165, 1.54) is 12.1 Å². The highest BCUT2D eigenvalue weighted by atomic mass is 32.2. The number of benzene rings is 2. The lowest BCUT2D eigenvalue weighted by atomic mass is 10.3. The van der Waals surface area contributed by atoms with Gasteiger partial charge >= 0.3 is 0 Å². The van der Waals surface area contributed by atoms with E-state index >= 15 is 0 Å². The van der Waals surface area contributed by atoms with Crippen molar-refractivity contribution in [2.24, 2.45) is 0 Å². The molecular weight excluding hydrogens is 364 g/mol. The van der Waals surface area contributed by atoms with Gasteiger partial charge in [-0.25, -0.2) is 17.8 Å². The Morgan fingerprint density at radius 3 is 2.44 bits per heavy atom. The molecule has 0 saturated heterocycles. The number of anilines is 1. The van der Waals surface area contributed by atoms with E-state index in [1.807, 2.05) is 30.3 Å². The second-order valence-electron chi connectivity index (χ2n) is 5.88. The fourth-order valence-electron chi connectivity index (χ4n) is 2.40. The van der Waals surface area contributed by atoms with Gasteiger partial charge in [0.15, 0.2) is 0 Å². The predicted octanol–water partition coefficient (Wildman–Crippen LogP) is 2.70. The zero-order valence-electron chi connectivity index (χ0n) is 14.8. The molecule has 0 aliphatic heterocycles. The maximum absolute atomic E-state index is 12.4. The zero-order valence-corrected chi connectivity index (χ0v) is 15.6. The molecule has 2 N–H and O–H groups in total. The van der Waals surface area contributed by atoms with Crippen LogP contribution in [0.25, 0.3) is 5.69 Å². The van der Waals surface area contributed by atoms with Crippen LogP contribution in [0.2, 0.25) is 0 Å². The lowest BCUT2D eigenvalue weighted by molar-refractivity contribution is -0.115. The molecule has 0 atom stereocenters. The van der Waals surface area contributed by atoms with Gasteiger partial charge in [-0.2, -0.15) is 5.10 Å². The Kier molecular flexibility index (Phi) is 5.68. The van der Waals surface area contributed by atoms with E-state index in [1.54, 1.807) is 36.1 Å². The number of para-hydroxylation sites is 1. The topological polar surface area (TPSA) is 93.1 Å². The van der Waals surface area contributed by atoms with Crippen LogP contribution < -0.4 is 10.0 Å². The lowest BCUT2D eigenvalue weighted by Crippen LogP contribution is -2.23. The normalized spacial score (nSPS) is 11.3. The molecule has 27 heavy (non-hydrogen) atoms. The van der Waals surface area contributed by atoms with Crippen LogP contribution in [0.4, 0.5) is 5.69 Å². The zero-order chi connectivity index (χ0) is 19.3. The average Bonchev–Trinajstić information content (AvgIpc) is 3.17. The minimum Gasteiger partial charge on any atom is -0.326 e. The van der Waals surface area contributed by atoms with Crippen LogP contribution in [0, 0.1) is 0 Å². The van der Waals surface area contributed by atoms with Crippen molar-refractivity contribution in [2.45, 2.75) is 24.8 Å². The third-order valence-corrected chi connectivity index (χ3v) is 5.31. The van der Waals surface area contributed by atoms with Gasteiger partial charge in [0, 0.05) is 30.4 Å². The summed E-state index contributed by atoms with van der Waals surface area (Å²) in [6.45, 7) is 1.88. The van der Waals surface area contributed by atoms with Gasteiger partial charge < -0.3 is 5.32 Å². The first kappa shape index (κ1) is 18.8. The summed E-state index contributed by atoms with van der Waals surface area (Å²) < 4.78 is 29.1. The quantitative estimate of drug-likeness (QED) is 0.655. The number of aromatic nitrogens is 2. The number of hydrogen-bond acceptors (Lipinski definition) is 4. The Labute approximate surface area is 158 Å². The minimum absolute atomic E-state index is 0.126. The molecule has 0 aliphatic carbocycles. The molecule has 1 amide bonds. The molecule has 7 nitrogen and oxygen atoms in total. The Morgan fingerprint density at radius 2 is 1.78 bits per heavy atom. The summed E-state index contributed by atoms with van der Waals surface area (Å²) in [5.74, 6) is -0.126. The van der Waals surface area contributed by atoms with Crippen molar-refractivity contribution < 1.29 is 13.2 Å². The van der Waals surface area contributed by atoms with Crippen molar-refractivity contribution in [3.63, 3.8) is 0 Å². The number of nitrogens with zero attached hydrogens (tertiary/aromatic N) is 2. The summed E-state index contributed by atoms with van der Waals surface area (Å²) in [6, 6.07) is 15.6. The molecule has 0 fully saturated rings. The number of carbonyl (C=O) groups excluding carboxylic acids is 1. The highest BCUT2D eigenvalue weighted by Gasteiger charge is 2.14. The smallest absolute Gasteiger partial charge is 0.240 e. The van der Waals surface area contributed by atoms with Gasteiger partial charge in [-0.05, 0) is 36.4 Å². The fourth-order valence-corrected chi connectivity index (χ4v) is 3.42. The molecule has 1 aromatic heterocycles. The Morgan fingerprint density at radius 1 is 1.07 bits per heavy atom. The molecule has 2 aromatic carbocycles. The van der Waals surface area contributed by atoms with E-state index in [9.17, 15) is 13.2 Å². The van der Waals surface area contributed by atoms with Crippen molar-refractivity contribution in [2.75, 3.05) is 5.32 Å². The molecule has 0 aliphatic rings. The number of hydrogen-bond donors (Lipinski definition) is 2. The standard InChI is InChI=1S/C19H20N4O3S/c1-2-19(24)22-16-8-10-18(11-9-16)27(25,26)21-13-15-12-20-23(14-15)17-6-4-3-5-7-17/h3-12,14,21H,2,13H2,1H3,(H,22,24). The maximum atomic E-state index is 12.4. The first-order chi connectivity index (χ1) is 13.0. The first-order valence-electron chi connectivity index (χ1n) is 8.46. The molecule has 0 radical (unpaired) electrons. The fraction of sp³-hybridized carbons (Fsp3) is 0.158. The molecule has 0 bridgehead atoms. The van der Waals surface area contributed by atoms with Crippen LogP contribution in [0.15, 0.2) is 71.9 Å². The molecule has 1 heterocycles. The van der Waals surface area contributed by atoms with Crippen LogP contribution in [-0.4, -0.2) is 24.1 Å². The number of nitrogens with one attached hydrogen (secondary N) is 2. The van der Waals surface area contributed by atoms with Crippen molar-refractivity contribution in [3.05, 3.63) is 72.6 Å². The van der Waals surface area contributed by atoms with E-state index in [0.29, 0.717) is 12.1 Å². The highest BCUT2D eigenvalue weighted by molar-refractivity contribution is 7.89. The Bertz CT molecular complexity index is 1010. The van der Waals surface area contributed by atoms with Crippen molar-refractivity contribution in [3.8, 4) is 5.69 Å². The highest BCUT2D eigenvalue weighted by Crippen LogP contribution is 2.15. The molecular formula is C19H20N4O3S. The molecule has 8 heteroatoms. The van der Waals surface area contributed by atoms with Gasteiger partial charge in [0.05, 0.1) is 16.8 Å². The van der Waals surface area contributed by atoms with Gasteiger partial charge in [0.1, 0.15) is 0 Å². The maximum Gasteiger partial charge on any atom is 0.240 e. The van der Waals surface area contributed by atoms with Crippen LogP contribution >= 0.6 is 0 Å². The van der Waals surface area contributed by atoms with Crippen LogP contribution in [0.1, 0.15) is 18.9 Å². The van der Waals surface area contributed by atoms with Gasteiger partial charge in [-0.3, -0.25) is 4.79 Å². The van der Waals surface area contributed by atoms with Gasteiger partial charge in [0.2, 0.25) is 15.9 Å². The summed E-state index contributed by atoms with van der Waals surface area (Å²) in [4.78, 5) is 11.5. The predicted molar refractivity (Wildman–Crippen MR) is 103 cm³/mol. The summed E-state index contributed by atoms with van der Waals surface area (Å²) in [7, 11) is -3.66. The number of amides is 1. The summed E-state index contributed by atoms with van der Waals surface area (Å²) in [5, 5.41) is 6.93. The van der Waals surface area contributed by atoms with Gasteiger partial charge in [-0.1, -0.05) is 25.1 Å². The molecule has 140 valence electrons. The monoisotopic (exact) mass is 384 g/mol. The Balaban J connectivity index is 1.65. The average molecular weight is 384 g/mol. The molecule has 3 aromatic rings. The van der Waals surface area contributed by atoms with E-state index in [2.05, 4.69) is 15.1 Å². The molecule has 0 spiro atoms. The van der Waals surface area contributed by atoms with Crippen LogP contribution in [0.5, 0.6) is 0 Å². The lowest BCUT2D eigenvalue weighted by Gasteiger charge is -2.07. The summed E-state index contributed by atoms with van der Waals surface area (Å²) in [5.41, 5.74) is 2.20. The SMILES string of the molecule is CCC(=O)Nc1ccc(S(=O)(=O)NCc2cnn(-c3ccccc3)c2)cc1. The second-order valence-corrected chi connectivity index (χ2v) is 7.65. The molecule has 3 rings (SSSR count). The van der Waals surface area contributed by atoms with Gasteiger partial charge in [0.25, 0.3) is 0 Å². The van der Waals surface area contributed by atoms with Crippen LogP contribution in [0.3, 0.4) is 0 Å². The largest absolute Gasteiger partial charge is 0.326 e. The number of rotatable bonds is 7. The first-order valence-corrected chi connectivity index (χ1v) is 9.95. The second kappa shape index (κ2) is 8.15. The molecule has 0 unspecified atom stereocenters. The Hall–Kier alpha value is -2.97. The third-order valence-electron chi connectivity index (χ3n) is 3.89. The van der Waals surface area contributed by atoms with Crippen molar-refractivity contribution >= 4 is 21.6 Å².